The van der Waals surface area contributed by atoms with Crippen molar-refractivity contribution in [3.05, 3.63) is 35.5 Å². The van der Waals surface area contributed by atoms with Gasteiger partial charge in [-0.3, -0.25) is 4.79 Å². The van der Waals surface area contributed by atoms with E-state index in [1.807, 2.05) is 0 Å². The van der Waals surface area contributed by atoms with E-state index in [0.717, 1.165) is 37.0 Å². The van der Waals surface area contributed by atoms with Gasteiger partial charge in [0.05, 0.1) is 6.10 Å². The second-order valence-electron chi connectivity index (χ2n) is 18.4. The van der Waals surface area contributed by atoms with Gasteiger partial charge >= 0.3 is 0 Å². The van der Waals surface area contributed by atoms with Gasteiger partial charge < -0.3 is 4.43 Å². The van der Waals surface area contributed by atoms with Crippen molar-refractivity contribution < 1.29 is 9.22 Å². The van der Waals surface area contributed by atoms with E-state index in [2.05, 4.69) is 90.1 Å². The minimum Gasteiger partial charge on any atom is -0.410 e. The summed E-state index contributed by atoms with van der Waals surface area (Å²) in [4.78, 5) is 13.0. The van der Waals surface area contributed by atoms with Crippen LogP contribution in [0.2, 0.25) is 18.1 Å². The Kier molecular flexibility index (Phi) is 9.07. The van der Waals surface area contributed by atoms with Crippen LogP contribution in [0.4, 0.5) is 0 Å². The summed E-state index contributed by atoms with van der Waals surface area (Å²) >= 11 is 0. The van der Waals surface area contributed by atoms with Crippen LogP contribution in [-0.4, -0.2) is 20.2 Å². The average Bonchev–Trinajstić information content (AvgIpc) is 3.27. The van der Waals surface area contributed by atoms with E-state index < -0.39 is 8.32 Å². The van der Waals surface area contributed by atoms with Crippen LogP contribution in [0, 0.1) is 70.0 Å². The summed E-state index contributed by atoms with van der Waals surface area (Å²) in [7, 11) is -1.87. The van der Waals surface area contributed by atoms with Gasteiger partial charge in [0.25, 0.3) is 0 Å². The van der Waals surface area contributed by atoms with Crippen molar-refractivity contribution >= 4 is 14.1 Å². The van der Waals surface area contributed by atoms with E-state index in [-0.39, 0.29) is 27.8 Å². The summed E-state index contributed by atoms with van der Waals surface area (Å²) in [6.45, 7) is 21.0. The van der Waals surface area contributed by atoms with Crippen molar-refractivity contribution in [3.8, 4) is 23.7 Å². The van der Waals surface area contributed by atoms with Gasteiger partial charge in [0.1, 0.15) is 0 Å². The highest BCUT2D eigenvalue weighted by Gasteiger charge is 2.51. The maximum atomic E-state index is 13.0. The van der Waals surface area contributed by atoms with E-state index in [1.165, 1.54) is 75.4 Å². The first-order valence-corrected chi connectivity index (χ1v) is 21.4. The molecule has 0 aromatic heterocycles. The monoisotopic (exact) mass is 624 g/mol. The van der Waals surface area contributed by atoms with E-state index in [1.54, 1.807) is 5.57 Å². The molecule has 0 aromatic rings. The summed E-state index contributed by atoms with van der Waals surface area (Å²) < 4.78 is 6.90. The molecule has 0 N–H and O–H groups in total. The number of rotatable bonds is 5. The fourth-order valence-corrected chi connectivity index (χ4v) is 12.2. The Labute approximate surface area is 276 Å². The normalized spacial score (nSPS) is 41.0. The first kappa shape index (κ1) is 33.1. The Balaban J connectivity index is 1.09. The summed E-state index contributed by atoms with van der Waals surface area (Å²) in [6, 6.07) is 0. The molecule has 2 nitrogen and oxygen atoms in total. The molecule has 7 aliphatic carbocycles. The van der Waals surface area contributed by atoms with Gasteiger partial charge in [-0.2, -0.15) is 0 Å². The molecule has 0 spiro atoms. The van der Waals surface area contributed by atoms with Crippen LogP contribution in [0.15, 0.2) is 35.5 Å². The van der Waals surface area contributed by atoms with E-state index >= 15 is 0 Å². The zero-order chi connectivity index (χ0) is 32.2. The van der Waals surface area contributed by atoms with Gasteiger partial charge in [0.15, 0.2) is 8.32 Å². The Morgan fingerprint density at radius 2 is 1.69 bits per heavy atom. The van der Waals surface area contributed by atoms with Gasteiger partial charge in [0, 0.05) is 12.3 Å². The molecule has 7 aliphatic rings. The molecule has 1 unspecified atom stereocenters. The molecule has 0 aromatic carbocycles. The molecule has 0 amide bonds. The van der Waals surface area contributed by atoms with Crippen LogP contribution in [0.1, 0.15) is 125 Å². The van der Waals surface area contributed by atoms with Crippen molar-refractivity contribution in [2.75, 3.05) is 0 Å². The van der Waals surface area contributed by atoms with Crippen LogP contribution >= 0.6 is 0 Å². The average molecular weight is 625 g/mol. The number of ketones is 1. The Bertz CT molecular complexity index is 1340. The first-order valence-electron chi connectivity index (χ1n) is 18.5. The van der Waals surface area contributed by atoms with Crippen LogP contribution in [0.3, 0.4) is 0 Å². The number of allylic oxidation sites excluding steroid dienone is 3. The third-order valence-corrected chi connectivity index (χ3v) is 18.5. The molecule has 45 heavy (non-hydrogen) atoms. The zero-order valence-electron chi connectivity index (χ0n) is 29.6. The lowest BCUT2D eigenvalue weighted by atomic mass is 9.48. The summed E-state index contributed by atoms with van der Waals surface area (Å²) in [5.41, 5.74) is 4.90. The van der Waals surface area contributed by atoms with Crippen LogP contribution in [0.25, 0.3) is 0 Å². The van der Waals surface area contributed by atoms with Gasteiger partial charge in [-0.05, 0) is 165 Å². The molecule has 4 bridgehead atoms. The molecule has 7 fully saturated rings. The maximum Gasteiger partial charge on any atom is 0.206 e. The minimum absolute atomic E-state index is 0.134. The summed E-state index contributed by atoms with van der Waals surface area (Å²) in [6.07, 6.45) is 21.9. The number of Topliss-reactive ketones (excluding diaryl/α,β-unsaturated/α-hetero) is 1. The van der Waals surface area contributed by atoms with Crippen molar-refractivity contribution in [2.45, 2.75) is 149 Å². The maximum absolute atomic E-state index is 13.0. The van der Waals surface area contributed by atoms with Crippen molar-refractivity contribution in [2.24, 2.45) is 46.3 Å². The zero-order valence-corrected chi connectivity index (χ0v) is 30.6. The number of hydrogen-bond acceptors (Lipinski definition) is 2. The van der Waals surface area contributed by atoms with Crippen LogP contribution in [0.5, 0.6) is 0 Å². The predicted molar refractivity (Wildman–Crippen MR) is 190 cm³/mol. The molecule has 7 saturated carbocycles. The third kappa shape index (κ3) is 6.79. The number of carbonyl (C=O) groups is 1. The molecule has 5 atom stereocenters. The van der Waals surface area contributed by atoms with Crippen LogP contribution < -0.4 is 0 Å². The smallest absolute Gasteiger partial charge is 0.206 e. The van der Waals surface area contributed by atoms with Gasteiger partial charge in [0.2, 0.25) is 5.78 Å². The molecule has 0 radical (unpaired) electrons. The van der Waals surface area contributed by atoms with E-state index in [9.17, 15) is 4.79 Å². The molecule has 244 valence electrons. The highest BCUT2D eigenvalue weighted by molar-refractivity contribution is 6.74. The van der Waals surface area contributed by atoms with Crippen molar-refractivity contribution in [3.63, 3.8) is 0 Å². The first-order chi connectivity index (χ1) is 21.2. The largest absolute Gasteiger partial charge is 0.410 e. The van der Waals surface area contributed by atoms with Gasteiger partial charge in [-0.1, -0.05) is 70.4 Å². The van der Waals surface area contributed by atoms with Crippen LogP contribution in [-0.2, 0) is 9.22 Å². The van der Waals surface area contributed by atoms with Gasteiger partial charge in [-0.15, -0.1) is 0 Å². The Morgan fingerprint density at radius 3 is 2.33 bits per heavy atom. The molecule has 0 saturated heterocycles. The predicted octanol–water partition coefficient (Wildman–Crippen LogP) is 10.6. The molecule has 0 heterocycles. The summed E-state index contributed by atoms with van der Waals surface area (Å²) in [5.74, 6) is 16.9. The quantitative estimate of drug-likeness (QED) is 0.132. The SMILES string of the molecule is C=C1[C@H](C)C/C(=C/C=C2\CCC[C@@]3(C)C2CC[C@@H]3C#CC#CC(=O)CC23CC4CC(CC(C4)C2)C3)C[C@H]1O[Si](C)(C)C(C)(C)C. The minimum atomic E-state index is -1.87. The fraction of sp³-hybridized carbons (Fsp3) is 0.738. The topological polar surface area (TPSA) is 26.3 Å². The lowest BCUT2D eigenvalue weighted by Crippen LogP contribution is -2.46. The summed E-state index contributed by atoms with van der Waals surface area (Å²) in [5, 5.41) is 0.198. The number of fused-ring (bicyclic) bond motifs is 1. The number of hydrogen-bond donors (Lipinski definition) is 0. The third-order valence-electron chi connectivity index (χ3n) is 14.0. The highest BCUT2D eigenvalue weighted by Crippen LogP contribution is 2.61. The van der Waals surface area contributed by atoms with E-state index in [0.29, 0.717) is 24.2 Å². The lowest BCUT2D eigenvalue weighted by molar-refractivity contribution is -0.122. The van der Waals surface area contributed by atoms with Crippen molar-refractivity contribution in [1.82, 2.24) is 0 Å². The molecule has 0 aliphatic heterocycles. The standard InChI is InChI=1S/C42H60O2Si/c1-29-20-31(24-39(30(29)2)44-45(7,8)40(3,4)5)15-16-35-12-11-19-41(6)36(17-18-38(35)41)13-9-10-14-37(43)28-42-25-32-21-33(26-42)23-34(22-32)27-42/h15-16,29,32-34,36,38-39H,2,11-12,17-28H2,1,3-8H3/b31-15-,35-16+/t29-,32?,33?,34?,36+,38?,39-,41-,42?/m1/s1. The Morgan fingerprint density at radius 1 is 1.02 bits per heavy atom. The van der Waals surface area contributed by atoms with Crippen molar-refractivity contribution in [1.29, 1.82) is 0 Å². The molecular weight excluding hydrogens is 565 g/mol. The molecular formula is C42H60O2Si. The highest BCUT2D eigenvalue weighted by atomic mass is 28.4. The fourth-order valence-electron chi connectivity index (χ4n) is 10.9. The second kappa shape index (κ2) is 12.3. The Hall–Kier alpha value is -1.81. The molecule has 3 heteroatoms. The number of carbonyl (C=O) groups excluding carboxylic acids is 1. The van der Waals surface area contributed by atoms with Gasteiger partial charge in [-0.25, -0.2) is 0 Å². The van der Waals surface area contributed by atoms with E-state index in [4.69, 9.17) is 4.43 Å². The molecule has 7 rings (SSSR count). The second-order valence-corrected chi connectivity index (χ2v) is 23.2. The lowest BCUT2D eigenvalue weighted by Gasteiger charge is -2.56.